The third kappa shape index (κ3) is 2.13. The first kappa shape index (κ1) is 11.6. The molecule has 2 nitrogen and oxygen atoms in total. The van der Waals surface area contributed by atoms with Gasteiger partial charge in [0, 0.05) is 25.2 Å². The highest BCUT2D eigenvalue weighted by atomic mass is 16.5. The lowest BCUT2D eigenvalue weighted by atomic mass is 9.73. The Kier molecular flexibility index (Phi) is 3.31. The molecule has 0 unspecified atom stereocenters. The van der Waals surface area contributed by atoms with Gasteiger partial charge in [0.2, 0.25) is 0 Å². The number of benzene rings is 1. The van der Waals surface area contributed by atoms with E-state index in [9.17, 15) is 0 Å². The van der Waals surface area contributed by atoms with Gasteiger partial charge in [0.1, 0.15) is 0 Å². The molecule has 0 saturated carbocycles. The van der Waals surface area contributed by atoms with Crippen LogP contribution in [-0.2, 0) is 10.2 Å². The number of nitrogens with two attached hydrogens (primary N) is 1. The predicted octanol–water partition coefficient (Wildman–Crippen LogP) is 2.31. The normalized spacial score (nSPS) is 19.7. The maximum absolute atomic E-state index is 6.01. The van der Waals surface area contributed by atoms with E-state index < -0.39 is 0 Å². The molecule has 88 valence electrons. The Morgan fingerprint density at radius 2 is 1.69 bits per heavy atom. The van der Waals surface area contributed by atoms with Crippen LogP contribution in [0.5, 0.6) is 0 Å². The minimum absolute atomic E-state index is 0.148. The summed E-state index contributed by atoms with van der Waals surface area (Å²) in [5.74, 6) is 0. The summed E-state index contributed by atoms with van der Waals surface area (Å²) in [7, 11) is 0. The zero-order chi connectivity index (χ0) is 11.6. The molecule has 0 aromatic heterocycles. The van der Waals surface area contributed by atoms with Crippen LogP contribution in [-0.4, -0.2) is 19.8 Å². The number of hydrogen-bond acceptors (Lipinski definition) is 2. The van der Waals surface area contributed by atoms with Crippen molar-refractivity contribution >= 4 is 0 Å². The van der Waals surface area contributed by atoms with Crippen LogP contribution >= 0.6 is 0 Å². The Morgan fingerprint density at radius 1 is 1.12 bits per heavy atom. The summed E-state index contributed by atoms with van der Waals surface area (Å²) in [6.45, 7) is 6.70. The molecule has 1 saturated heterocycles. The Hall–Kier alpha value is -0.860. The molecule has 1 aliphatic rings. The molecule has 1 aromatic rings. The van der Waals surface area contributed by atoms with Crippen LogP contribution in [0, 0.1) is 13.8 Å². The van der Waals surface area contributed by atoms with Gasteiger partial charge in [-0.3, -0.25) is 0 Å². The van der Waals surface area contributed by atoms with E-state index in [-0.39, 0.29) is 5.41 Å². The molecule has 1 fully saturated rings. The second kappa shape index (κ2) is 4.56. The average molecular weight is 219 g/mol. The first-order chi connectivity index (χ1) is 7.66. The van der Waals surface area contributed by atoms with E-state index in [0.29, 0.717) is 0 Å². The lowest BCUT2D eigenvalue weighted by Gasteiger charge is -2.37. The van der Waals surface area contributed by atoms with Crippen molar-refractivity contribution in [2.75, 3.05) is 19.8 Å². The molecular formula is C14H21NO. The van der Waals surface area contributed by atoms with Crippen molar-refractivity contribution in [2.45, 2.75) is 32.1 Å². The van der Waals surface area contributed by atoms with E-state index in [2.05, 4.69) is 32.0 Å². The van der Waals surface area contributed by atoms with Crippen molar-refractivity contribution < 1.29 is 4.74 Å². The number of hydrogen-bond donors (Lipinski definition) is 1. The Morgan fingerprint density at radius 3 is 2.19 bits per heavy atom. The topological polar surface area (TPSA) is 35.2 Å². The van der Waals surface area contributed by atoms with Crippen molar-refractivity contribution in [2.24, 2.45) is 5.73 Å². The fourth-order valence-corrected chi connectivity index (χ4v) is 2.65. The minimum Gasteiger partial charge on any atom is -0.381 e. The van der Waals surface area contributed by atoms with E-state index in [0.717, 1.165) is 32.6 Å². The van der Waals surface area contributed by atoms with E-state index in [1.54, 1.807) is 0 Å². The molecule has 2 rings (SSSR count). The Balaban J connectivity index is 2.38. The molecule has 0 radical (unpaired) electrons. The highest BCUT2D eigenvalue weighted by Crippen LogP contribution is 2.34. The number of ether oxygens (including phenoxy) is 1. The van der Waals surface area contributed by atoms with E-state index >= 15 is 0 Å². The van der Waals surface area contributed by atoms with Gasteiger partial charge >= 0.3 is 0 Å². The van der Waals surface area contributed by atoms with Gasteiger partial charge in [-0.1, -0.05) is 29.3 Å². The molecule has 2 heteroatoms. The first-order valence-corrected chi connectivity index (χ1v) is 6.03. The fraction of sp³-hybridized carbons (Fsp3) is 0.571. The molecule has 1 aromatic carbocycles. The smallest absolute Gasteiger partial charge is 0.0475 e. The van der Waals surface area contributed by atoms with Gasteiger partial charge in [-0.2, -0.15) is 0 Å². The number of aryl methyl sites for hydroxylation is 2. The van der Waals surface area contributed by atoms with E-state index in [1.807, 2.05) is 0 Å². The SMILES string of the molecule is Cc1cc(C)cc(C2(CN)CCOCC2)c1. The third-order valence-corrected chi connectivity index (χ3v) is 3.67. The summed E-state index contributed by atoms with van der Waals surface area (Å²) in [6.07, 6.45) is 2.10. The molecule has 1 heterocycles. The predicted molar refractivity (Wildman–Crippen MR) is 66.7 cm³/mol. The molecule has 1 aliphatic heterocycles. The van der Waals surface area contributed by atoms with Gasteiger partial charge in [-0.15, -0.1) is 0 Å². The van der Waals surface area contributed by atoms with Gasteiger partial charge in [0.15, 0.2) is 0 Å². The van der Waals surface area contributed by atoms with Crippen molar-refractivity contribution in [1.29, 1.82) is 0 Å². The maximum Gasteiger partial charge on any atom is 0.0475 e. The molecule has 0 bridgehead atoms. The van der Waals surface area contributed by atoms with Crippen molar-refractivity contribution in [3.63, 3.8) is 0 Å². The summed E-state index contributed by atoms with van der Waals surface area (Å²) in [4.78, 5) is 0. The van der Waals surface area contributed by atoms with Crippen LogP contribution in [0.3, 0.4) is 0 Å². The second-order valence-corrected chi connectivity index (χ2v) is 4.97. The fourth-order valence-electron chi connectivity index (χ4n) is 2.65. The summed E-state index contributed by atoms with van der Waals surface area (Å²) in [5, 5.41) is 0. The maximum atomic E-state index is 6.01. The number of rotatable bonds is 2. The summed E-state index contributed by atoms with van der Waals surface area (Å²) >= 11 is 0. The summed E-state index contributed by atoms with van der Waals surface area (Å²) < 4.78 is 5.45. The molecule has 0 aliphatic carbocycles. The average Bonchev–Trinajstić information content (AvgIpc) is 2.28. The third-order valence-electron chi connectivity index (χ3n) is 3.67. The summed E-state index contributed by atoms with van der Waals surface area (Å²) in [6, 6.07) is 6.78. The van der Waals surface area contributed by atoms with Crippen LogP contribution in [0.4, 0.5) is 0 Å². The van der Waals surface area contributed by atoms with Crippen LogP contribution in [0.15, 0.2) is 18.2 Å². The van der Waals surface area contributed by atoms with Crippen molar-refractivity contribution in [1.82, 2.24) is 0 Å². The largest absolute Gasteiger partial charge is 0.381 e. The van der Waals surface area contributed by atoms with E-state index in [1.165, 1.54) is 16.7 Å². The molecule has 16 heavy (non-hydrogen) atoms. The second-order valence-electron chi connectivity index (χ2n) is 4.97. The van der Waals surface area contributed by atoms with Gasteiger partial charge in [-0.05, 0) is 32.3 Å². The van der Waals surface area contributed by atoms with Gasteiger partial charge in [-0.25, -0.2) is 0 Å². The molecular weight excluding hydrogens is 198 g/mol. The van der Waals surface area contributed by atoms with Crippen LogP contribution in [0.1, 0.15) is 29.5 Å². The lowest BCUT2D eigenvalue weighted by molar-refractivity contribution is 0.0529. The lowest BCUT2D eigenvalue weighted by Crippen LogP contribution is -2.40. The van der Waals surface area contributed by atoms with Crippen LogP contribution < -0.4 is 5.73 Å². The van der Waals surface area contributed by atoms with Crippen LogP contribution in [0.2, 0.25) is 0 Å². The molecule has 0 amide bonds. The molecule has 0 spiro atoms. The zero-order valence-electron chi connectivity index (χ0n) is 10.3. The van der Waals surface area contributed by atoms with Gasteiger partial charge < -0.3 is 10.5 Å². The monoisotopic (exact) mass is 219 g/mol. The zero-order valence-corrected chi connectivity index (χ0v) is 10.3. The van der Waals surface area contributed by atoms with Crippen molar-refractivity contribution in [3.05, 3.63) is 34.9 Å². The van der Waals surface area contributed by atoms with Gasteiger partial charge in [0.25, 0.3) is 0 Å². The van der Waals surface area contributed by atoms with Gasteiger partial charge in [0.05, 0.1) is 0 Å². The van der Waals surface area contributed by atoms with Crippen molar-refractivity contribution in [3.8, 4) is 0 Å². The Labute approximate surface area is 97.8 Å². The standard InChI is InChI=1S/C14H21NO/c1-11-7-12(2)9-13(8-11)14(10-15)3-5-16-6-4-14/h7-9H,3-6,10,15H2,1-2H3. The molecule has 0 atom stereocenters. The summed E-state index contributed by atoms with van der Waals surface area (Å²) in [5.41, 5.74) is 10.2. The highest BCUT2D eigenvalue weighted by molar-refractivity contribution is 5.34. The minimum atomic E-state index is 0.148. The van der Waals surface area contributed by atoms with Crippen LogP contribution in [0.25, 0.3) is 0 Å². The first-order valence-electron chi connectivity index (χ1n) is 6.03. The molecule has 2 N–H and O–H groups in total. The highest BCUT2D eigenvalue weighted by Gasteiger charge is 2.33. The quantitative estimate of drug-likeness (QED) is 0.828. The Bertz CT molecular complexity index is 347. The van der Waals surface area contributed by atoms with E-state index in [4.69, 9.17) is 10.5 Å².